The van der Waals surface area contributed by atoms with Gasteiger partial charge < -0.3 is 4.74 Å². The summed E-state index contributed by atoms with van der Waals surface area (Å²) in [6.45, 7) is 2.59. The third kappa shape index (κ3) is 5.20. The molecule has 4 aromatic rings. The summed E-state index contributed by atoms with van der Waals surface area (Å²) in [5.74, 6) is -2.01. The second-order valence-corrected chi connectivity index (χ2v) is 8.57. The summed E-state index contributed by atoms with van der Waals surface area (Å²) in [5, 5.41) is 0.478. The van der Waals surface area contributed by atoms with E-state index in [4.69, 9.17) is 16.3 Å². The normalized spacial score (nSPS) is 11.2. The number of halogens is 5. The van der Waals surface area contributed by atoms with Gasteiger partial charge in [0, 0.05) is 17.0 Å². The van der Waals surface area contributed by atoms with E-state index in [1.165, 1.54) is 6.07 Å². The lowest BCUT2D eigenvalue weighted by molar-refractivity contribution is 0.308. The SMILES string of the molecule is CCCCOc1ccc(-c2ccc3c(F)c(CCc4cc(F)c(Cl)c(F)c4)ccc3c2)c(F)c1. The van der Waals surface area contributed by atoms with Crippen LogP contribution in [0.15, 0.2) is 60.7 Å². The van der Waals surface area contributed by atoms with Crippen molar-refractivity contribution in [3.05, 3.63) is 100 Å². The Balaban J connectivity index is 1.55. The van der Waals surface area contributed by atoms with Gasteiger partial charge in [-0.05, 0) is 71.7 Å². The highest BCUT2D eigenvalue weighted by molar-refractivity contribution is 6.30. The Labute approximate surface area is 200 Å². The lowest BCUT2D eigenvalue weighted by Gasteiger charge is -2.11. The Morgan fingerprint density at radius 1 is 0.794 bits per heavy atom. The maximum Gasteiger partial charge on any atom is 0.145 e. The molecule has 34 heavy (non-hydrogen) atoms. The van der Waals surface area contributed by atoms with Crippen LogP contribution in [0.3, 0.4) is 0 Å². The van der Waals surface area contributed by atoms with E-state index >= 15 is 4.39 Å². The molecule has 0 saturated carbocycles. The zero-order valence-corrected chi connectivity index (χ0v) is 19.4. The lowest BCUT2D eigenvalue weighted by Crippen LogP contribution is -1.98. The molecule has 0 bridgehead atoms. The van der Waals surface area contributed by atoms with Crippen LogP contribution in [0.2, 0.25) is 5.02 Å². The number of hydrogen-bond acceptors (Lipinski definition) is 1. The molecule has 4 rings (SSSR count). The Morgan fingerprint density at radius 2 is 1.56 bits per heavy atom. The van der Waals surface area contributed by atoms with Crippen molar-refractivity contribution in [1.82, 2.24) is 0 Å². The first-order valence-electron chi connectivity index (χ1n) is 11.1. The highest BCUT2D eigenvalue weighted by atomic mass is 35.5. The van der Waals surface area contributed by atoms with Gasteiger partial charge in [0.2, 0.25) is 0 Å². The molecule has 0 spiro atoms. The van der Waals surface area contributed by atoms with Crippen molar-refractivity contribution in [2.75, 3.05) is 6.61 Å². The molecule has 0 unspecified atom stereocenters. The number of unbranched alkanes of at least 4 members (excludes halogenated alkanes) is 1. The molecule has 6 heteroatoms. The van der Waals surface area contributed by atoms with Gasteiger partial charge in [0.25, 0.3) is 0 Å². The smallest absolute Gasteiger partial charge is 0.145 e. The number of fused-ring (bicyclic) bond motifs is 1. The van der Waals surface area contributed by atoms with Gasteiger partial charge in [-0.2, -0.15) is 0 Å². The van der Waals surface area contributed by atoms with E-state index in [1.807, 2.05) is 0 Å². The molecule has 0 N–H and O–H groups in total. The highest BCUT2D eigenvalue weighted by Gasteiger charge is 2.13. The average Bonchev–Trinajstić information content (AvgIpc) is 2.82. The molecule has 0 aliphatic carbocycles. The third-order valence-electron chi connectivity index (χ3n) is 5.78. The van der Waals surface area contributed by atoms with E-state index < -0.39 is 28.3 Å². The summed E-state index contributed by atoms with van der Waals surface area (Å²) >= 11 is 5.52. The molecule has 0 radical (unpaired) electrons. The minimum Gasteiger partial charge on any atom is -0.493 e. The first-order valence-corrected chi connectivity index (χ1v) is 11.5. The second-order valence-electron chi connectivity index (χ2n) is 8.19. The van der Waals surface area contributed by atoms with Gasteiger partial charge in [-0.25, -0.2) is 17.6 Å². The summed E-state index contributed by atoms with van der Waals surface area (Å²) < 4.78 is 62.8. The van der Waals surface area contributed by atoms with E-state index in [9.17, 15) is 13.2 Å². The van der Waals surface area contributed by atoms with Gasteiger partial charge in [-0.3, -0.25) is 0 Å². The predicted octanol–water partition coefficient (Wildman–Crippen LogP) is 8.68. The van der Waals surface area contributed by atoms with Crippen LogP contribution in [0.4, 0.5) is 17.6 Å². The van der Waals surface area contributed by atoms with Gasteiger partial charge in [0.05, 0.1) is 6.61 Å². The van der Waals surface area contributed by atoms with Crippen molar-refractivity contribution in [1.29, 1.82) is 0 Å². The molecule has 0 aliphatic rings. The minimum absolute atomic E-state index is 0.253. The molecule has 0 amide bonds. The number of benzene rings is 4. The maximum absolute atomic E-state index is 15.1. The van der Waals surface area contributed by atoms with Gasteiger partial charge >= 0.3 is 0 Å². The minimum atomic E-state index is -0.837. The molecular formula is C28H23ClF4O. The Kier molecular flexibility index (Phi) is 7.42. The molecular weight excluding hydrogens is 464 g/mol. The fourth-order valence-electron chi connectivity index (χ4n) is 3.88. The van der Waals surface area contributed by atoms with Crippen molar-refractivity contribution in [2.45, 2.75) is 32.6 Å². The number of rotatable bonds is 8. The topological polar surface area (TPSA) is 9.23 Å². The quantitative estimate of drug-likeness (QED) is 0.137. The van der Waals surface area contributed by atoms with Gasteiger partial charge in [-0.1, -0.05) is 49.2 Å². The van der Waals surface area contributed by atoms with Gasteiger partial charge in [0.1, 0.15) is 34.0 Å². The zero-order chi connectivity index (χ0) is 24.2. The number of ether oxygens (including phenoxy) is 1. The van der Waals surface area contributed by atoms with Crippen molar-refractivity contribution in [3.8, 4) is 16.9 Å². The number of aryl methyl sites for hydroxylation is 2. The largest absolute Gasteiger partial charge is 0.493 e. The maximum atomic E-state index is 15.1. The van der Waals surface area contributed by atoms with Crippen molar-refractivity contribution >= 4 is 22.4 Å². The fraction of sp³-hybridized carbons (Fsp3) is 0.214. The van der Waals surface area contributed by atoms with Crippen molar-refractivity contribution in [3.63, 3.8) is 0 Å². The van der Waals surface area contributed by atoms with E-state index in [0.717, 1.165) is 25.0 Å². The van der Waals surface area contributed by atoms with Crippen LogP contribution in [0.5, 0.6) is 5.75 Å². The highest BCUT2D eigenvalue weighted by Crippen LogP contribution is 2.31. The number of hydrogen-bond donors (Lipinski definition) is 0. The summed E-state index contributed by atoms with van der Waals surface area (Å²) in [6.07, 6.45) is 2.41. The Bertz CT molecular complexity index is 1310. The lowest BCUT2D eigenvalue weighted by atomic mass is 9.97. The van der Waals surface area contributed by atoms with Gasteiger partial charge in [-0.15, -0.1) is 0 Å². The van der Waals surface area contributed by atoms with Crippen LogP contribution in [0, 0.1) is 23.3 Å². The average molecular weight is 487 g/mol. The van der Waals surface area contributed by atoms with Crippen LogP contribution in [-0.4, -0.2) is 6.61 Å². The van der Waals surface area contributed by atoms with Crippen LogP contribution in [0.1, 0.15) is 30.9 Å². The molecule has 0 aromatic heterocycles. The first-order chi connectivity index (χ1) is 16.4. The Hall–Kier alpha value is -3.05. The Morgan fingerprint density at radius 3 is 2.26 bits per heavy atom. The van der Waals surface area contributed by atoms with E-state index in [0.29, 0.717) is 45.4 Å². The standard InChI is InChI=1S/C28H23ClF4O/c1-2-3-12-34-21-9-11-22(24(30)16-21)19-8-10-23-20(15-19)7-6-18(28(23)33)5-4-17-13-25(31)27(29)26(32)14-17/h6-11,13-16H,2-5,12H2,1H3. The van der Waals surface area contributed by atoms with E-state index in [1.54, 1.807) is 42.5 Å². The first kappa shape index (κ1) is 24.1. The molecule has 1 nitrogen and oxygen atoms in total. The predicted molar refractivity (Wildman–Crippen MR) is 128 cm³/mol. The fourth-order valence-corrected chi connectivity index (χ4v) is 3.99. The van der Waals surface area contributed by atoms with Crippen LogP contribution >= 0.6 is 11.6 Å². The summed E-state index contributed by atoms with van der Waals surface area (Å²) in [6, 6.07) is 15.5. The van der Waals surface area contributed by atoms with Crippen LogP contribution in [-0.2, 0) is 12.8 Å². The summed E-state index contributed by atoms with van der Waals surface area (Å²) in [4.78, 5) is 0. The van der Waals surface area contributed by atoms with Crippen molar-refractivity contribution in [2.24, 2.45) is 0 Å². The summed E-state index contributed by atoms with van der Waals surface area (Å²) in [5.41, 5.74) is 1.85. The van der Waals surface area contributed by atoms with Crippen LogP contribution < -0.4 is 4.74 Å². The van der Waals surface area contributed by atoms with Gasteiger partial charge in [0.15, 0.2) is 0 Å². The molecule has 176 valence electrons. The molecule has 0 saturated heterocycles. The van der Waals surface area contributed by atoms with E-state index in [-0.39, 0.29) is 12.8 Å². The molecule has 0 fully saturated rings. The van der Waals surface area contributed by atoms with Crippen LogP contribution in [0.25, 0.3) is 21.9 Å². The third-order valence-corrected chi connectivity index (χ3v) is 6.14. The van der Waals surface area contributed by atoms with Crippen molar-refractivity contribution < 1.29 is 22.3 Å². The molecule has 0 heterocycles. The zero-order valence-electron chi connectivity index (χ0n) is 18.6. The second kappa shape index (κ2) is 10.5. The monoisotopic (exact) mass is 486 g/mol. The molecule has 0 atom stereocenters. The molecule has 4 aromatic carbocycles. The summed E-state index contributed by atoms with van der Waals surface area (Å²) in [7, 11) is 0. The van der Waals surface area contributed by atoms with E-state index in [2.05, 4.69) is 6.92 Å². The molecule has 0 aliphatic heterocycles.